The SMILES string of the molecule is CC(C(=O)N1CC[C@@H]2CNC[C@@H]2CC1)C(F)(F)F.Cl. The molecule has 0 aromatic heterocycles. The number of halogens is 4. The minimum atomic E-state index is -4.43. The van der Waals surface area contributed by atoms with Crippen LogP contribution >= 0.6 is 12.4 Å². The molecule has 3 atom stereocenters. The molecule has 0 bridgehead atoms. The van der Waals surface area contributed by atoms with E-state index in [4.69, 9.17) is 0 Å². The van der Waals surface area contributed by atoms with Gasteiger partial charge in [-0.15, -0.1) is 12.4 Å². The number of nitrogens with one attached hydrogen (secondary N) is 1. The van der Waals surface area contributed by atoms with Gasteiger partial charge in [0.15, 0.2) is 0 Å². The van der Waals surface area contributed by atoms with E-state index in [1.165, 1.54) is 4.90 Å². The van der Waals surface area contributed by atoms with Crippen LogP contribution in [-0.2, 0) is 4.79 Å². The molecule has 2 aliphatic heterocycles. The van der Waals surface area contributed by atoms with Crippen LogP contribution in [0.2, 0.25) is 0 Å². The highest BCUT2D eigenvalue weighted by molar-refractivity contribution is 5.85. The fourth-order valence-electron chi connectivity index (χ4n) is 2.85. The number of likely N-dealkylation sites (tertiary alicyclic amines) is 1. The number of hydrogen-bond donors (Lipinski definition) is 1. The third-order valence-electron chi connectivity index (χ3n) is 4.19. The summed E-state index contributed by atoms with van der Waals surface area (Å²) in [5.74, 6) is -1.61. The number of hydrogen-bond acceptors (Lipinski definition) is 2. The zero-order chi connectivity index (χ0) is 13.3. The van der Waals surface area contributed by atoms with E-state index in [2.05, 4.69) is 5.32 Å². The summed E-state index contributed by atoms with van der Waals surface area (Å²) in [6.07, 6.45) is -2.80. The van der Waals surface area contributed by atoms with Gasteiger partial charge in [-0.1, -0.05) is 0 Å². The lowest BCUT2D eigenvalue weighted by Gasteiger charge is -2.25. The fourth-order valence-corrected chi connectivity index (χ4v) is 2.85. The van der Waals surface area contributed by atoms with Crippen LogP contribution in [0.4, 0.5) is 13.2 Å². The van der Waals surface area contributed by atoms with Crippen LogP contribution in [-0.4, -0.2) is 43.2 Å². The molecule has 0 spiro atoms. The summed E-state index contributed by atoms with van der Waals surface area (Å²) in [6.45, 7) is 3.74. The minimum Gasteiger partial charge on any atom is -0.342 e. The Balaban J connectivity index is 0.00000180. The van der Waals surface area contributed by atoms with Crippen LogP contribution in [0.1, 0.15) is 19.8 Å². The van der Waals surface area contributed by atoms with Crippen LogP contribution in [0.25, 0.3) is 0 Å². The lowest BCUT2D eigenvalue weighted by Crippen LogP contribution is -2.41. The third-order valence-corrected chi connectivity index (χ3v) is 4.19. The van der Waals surface area contributed by atoms with Gasteiger partial charge in [0.2, 0.25) is 5.91 Å². The zero-order valence-electron chi connectivity index (χ0n) is 10.9. The largest absolute Gasteiger partial charge is 0.400 e. The lowest BCUT2D eigenvalue weighted by atomic mass is 9.92. The first-order valence-electron chi connectivity index (χ1n) is 6.46. The molecule has 0 aromatic rings. The predicted octanol–water partition coefficient (Wildman–Crippen LogP) is 2.06. The average molecular weight is 301 g/mol. The van der Waals surface area contributed by atoms with Crippen molar-refractivity contribution in [2.24, 2.45) is 17.8 Å². The molecule has 7 heteroatoms. The van der Waals surface area contributed by atoms with E-state index in [-0.39, 0.29) is 12.4 Å². The number of nitrogens with zero attached hydrogens (tertiary/aromatic N) is 1. The highest BCUT2D eigenvalue weighted by Gasteiger charge is 2.43. The second-order valence-corrected chi connectivity index (χ2v) is 5.34. The van der Waals surface area contributed by atoms with E-state index < -0.39 is 18.0 Å². The van der Waals surface area contributed by atoms with E-state index in [9.17, 15) is 18.0 Å². The summed E-state index contributed by atoms with van der Waals surface area (Å²) in [7, 11) is 0. The van der Waals surface area contributed by atoms with E-state index in [0.29, 0.717) is 24.9 Å². The molecular weight excluding hydrogens is 281 g/mol. The van der Waals surface area contributed by atoms with Crippen molar-refractivity contribution in [3.8, 4) is 0 Å². The van der Waals surface area contributed by atoms with E-state index >= 15 is 0 Å². The Morgan fingerprint density at radius 1 is 1.21 bits per heavy atom. The van der Waals surface area contributed by atoms with E-state index in [1.54, 1.807) is 0 Å². The van der Waals surface area contributed by atoms with Gasteiger partial charge in [-0.05, 0) is 44.7 Å². The van der Waals surface area contributed by atoms with Crippen molar-refractivity contribution < 1.29 is 18.0 Å². The first kappa shape index (κ1) is 16.6. The second kappa shape index (κ2) is 6.31. The number of amides is 1. The Kier molecular flexibility index (Phi) is 5.50. The van der Waals surface area contributed by atoms with E-state index in [1.807, 2.05) is 0 Å². The number of fused-ring (bicyclic) bond motifs is 1. The van der Waals surface area contributed by atoms with Gasteiger partial charge in [-0.25, -0.2) is 0 Å². The molecule has 2 heterocycles. The number of carbonyl (C=O) groups excluding carboxylic acids is 1. The normalized spacial score (nSPS) is 29.2. The summed E-state index contributed by atoms with van der Waals surface area (Å²) >= 11 is 0. The molecule has 1 N–H and O–H groups in total. The maximum absolute atomic E-state index is 12.5. The Morgan fingerprint density at radius 2 is 1.68 bits per heavy atom. The summed E-state index contributed by atoms with van der Waals surface area (Å²) in [6, 6.07) is 0. The first-order chi connectivity index (χ1) is 8.39. The first-order valence-corrected chi connectivity index (χ1v) is 6.46. The molecule has 1 amide bonds. The van der Waals surface area contributed by atoms with Crippen molar-refractivity contribution in [3.05, 3.63) is 0 Å². The molecule has 2 fully saturated rings. The molecule has 2 rings (SSSR count). The maximum Gasteiger partial charge on any atom is 0.400 e. The topological polar surface area (TPSA) is 32.3 Å². The average Bonchev–Trinajstić information content (AvgIpc) is 2.65. The molecule has 0 aliphatic carbocycles. The van der Waals surface area contributed by atoms with Gasteiger partial charge in [0.05, 0.1) is 0 Å². The summed E-state index contributed by atoms with van der Waals surface area (Å²) in [4.78, 5) is 13.2. The maximum atomic E-state index is 12.5. The standard InChI is InChI=1S/C12H19F3N2O.ClH/c1-8(12(13,14)15)11(18)17-4-2-9-6-16-7-10(9)3-5-17;/h8-10,16H,2-7H2,1H3;1H/t8?,9-,10+;. The quantitative estimate of drug-likeness (QED) is 0.804. The van der Waals surface area contributed by atoms with E-state index in [0.717, 1.165) is 32.9 Å². The predicted molar refractivity (Wildman–Crippen MR) is 68.1 cm³/mol. The minimum absolute atomic E-state index is 0. The smallest absolute Gasteiger partial charge is 0.342 e. The number of rotatable bonds is 1. The highest BCUT2D eigenvalue weighted by Crippen LogP contribution is 2.31. The molecule has 2 aliphatic rings. The zero-order valence-corrected chi connectivity index (χ0v) is 11.7. The Hall–Kier alpha value is -0.490. The van der Waals surface area contributed by atoms with Crippen molar-refractivity contribution in [2.75, 3.05) is 26.2 Å². The Morgan fingerprint density at radius 3 is 2.11 bits per heavy atom. The lowest BCUT2D eigenvalue weighted by molar-refractivity contribution is -0.185. The van der Waals surface area contributed by atoms with Crippen molar-refractivity contribution in [1.29, 1.82) is 0 Å². The van der Waals surface area contributed by atoms with Crippen molar-refractivity contribution in [1.82, 2.24) is 10.2 Å². The molecule has 0 aromatic carbocycles. The third kappa shape index (κ3) is 3.75. The van der Waals surface area contributed by atoms with Crippen LogP contribution < -0.4 is 5.32 Å². The molecule has 0 radical (unpaired) electrons. The van der Waals surface area contributed by atoms with Crippen molar-refractivity contribution >= 4 is 18.3 Å². The molecule has 112 valence electrons. The molecule has 1 unspecified atom stereocenters. The van der Waals surface area contributed by atoms with Gasteiger partial charge in [-0.2, -0.15) is 13.2 Å². The van der Waals surface area contributed by atoms with Gasteiger partial charge in [0.25, 0.3) is 0 Å². The van der Waals surface area contributed by atoms with Crippen LogP contribution in [0.5, 0.6) is 0 Å². The van der Waals surface area contributed by atoms with Crippen LogP contribution in [0.3, 0.4) is 0 Å². The van der Waals surface area contributed by atoms with Gasteiger partial charge in [0.1, 0.15) is 5.92 Å². The van der Waals surface area contributed by atoms with Gasteiger partial charge in [0, 0.05) is 13.1 Å². The van der Waals surface area contributed by atoms with Crippen LogP contribution in [0, 0.1) is 17.8 Å². The molecule has 2 saturated heterocycles. The number of carbonyl (C=O) groups is 1. The van der Waals surface area contributed by atoms with Gasteiger partial charge >= 0.3 is 6.18 Å². The Labute approximate surface area is 117 Å². The molecule has 0 saturated carbocycles. The summed E-state index contributed by atoms with van der Waals surface area (Å²) in [5, 5.41) is 3.30. The highest BCUT2D eigenvalue weighted by atomic mass is 35.5. The van der Waals surface area contributed by atoms with Gasteiger partial charge < -0.3 is 10.2 Å². The Bertz CT molecular complexity index is 311. The number of alkyl halides is 3. The summed E-state index contributed by atoms with van der Waals surface area (Å²) in [5.41, 5.74) is 0. The van der Waals surface area contributed by atoms with Gasteiger partial charge in [-0.3, -0.25) is 4.79 Å². The molecule has 3 nitrogen and oxygen atoms in total. The van der Waals surface area contributed by atoms with Crippen LogP contribution in [0.15, 0.2) is 0 Å². The monoisotopic (exact) mass is 300 g/mol. The molecule has 19 heavy (non-hydrogen) atoms. The molecular formula is C12H20ClF3N2O. The van der Waals surface area contributed by atoms with Crippen molar-refractivity contribution in [3.63, 3.8) is 0 Å². The fraction of sp³-hybridized carbons (Fsp3) is 0.917. The van der Waals surface area contributed by atoms with Crippen molar-refractivity contribution in [2.45, 2.75) is 25.9 Å². The second-order valence-electron chi connectivity index (χ2n) is 5.34. The summed E-state index contributed by atoms with van der Waals surface area (Å²) < 4.78 is 37.6.